The zero-order valence-corrected chi connectivity index (χ0v) is 11.8. The molecule has 0 amide bonds. The van der Waals surface area contributed by atoms with E-state index >= 15 is 0 Å². The van der Waals surface area contributed by atoms with Crippen molar-refractivity contribution in [1.29, 1.82) is 0 Å². The first-order valence-corrected chi connectivity index (χ1v) is 8.63. The molecule has 1 aromatic heterocycles. The maximum absolute atomic E-state index is 12.6. The summed E-state index contributed by atoms with van der Waals surface area (Å²) < 4.78 is 12.6. The Bertz CT molecular complexity index is 733. The summed E-state index contributed by atoms with van der Waals surface area (Å²) >= 11 is 5.90. The number of fused-ring (bicyclic) bond motifs is 1. The summed E-state index contributed by atoms with van der Waals surface area (Å²) in [5, 5.41) is 2.24. The first-order chi connectivity index (χ1) is 8.47. The van der Waals surface area contributed by atoms with Crippen molar-refractivity contribution in [3.63, 3.8) is 0 Å². The molecule has 0 saturated carbocycles. The molecule has 1 aromatic carbocycles. The minimum absolute atomic E-state index is 0.451. The lowest BCUT2D eigenvalue weighted by atomic mass is 10.1. The first kappa shape index (κ1) is 11.9. The first-order valence-electron chi connectivity index (χ1n) is 5.65. The molecule has 1 aliphatic rings. The van der Waals surface area contributed by atoms with E-state index in [9.17, 15) is 4.57 Å². The summed E-state index contributed by atoms with van der Waals surface area (Å²) in [7, 11) is -2.39. The van der Waals surface area contributed by atoms with Crippen LogP contribution < -0.4 is 5.30 Å². The van der Waals surface area contributed by atoms with Crippen LogP contribution in [-0.2, 0) is 4.57 Å². The molecule has 2 heterocycles. The molecule has 5 heteroatoms. The highest BCUT2D eigenvalue weighted by Gasteiger charge is 2.25. The van der Waals surface area contributed by atoms with Gasteiger partial charge < -0.3 is 4.57 Å². The van der Waals surface area contributed by atoms with Crippen LogP contribution in [-0.4, -0.2) is 30.6 Å². The SMILES string of the molecule is CP(C)(=O)c1c(C2=NC2)ccc2nc(Cl)ccc12. The zero-order valence-electron chi connectivity index (χ0n) is 10.1. The van der Waals surface area contributed by atoms with Crippen molar-refractivity contribution in [3.05, 3.63) is 35.0 Å². The average Bonchev–Trinajstić information content (AvgIpc) is 3.09. The molecule has 0 atom stereocenters. The van der Waals surface area contributed by atoms with Crippen molar-refractivity contribution < 1.29 is 4.57 Å². The van der Waals surface area contributed by atoms with Gasteiger partial charge in [-0.1, -0.05) is 17.7 Å². The van der Waals surface area contributed by atoms with Crippen LogP contribution in [0.4, 0.5) is 0 Å². The van der Waals surface area contributed by atoms with E-state index in [-0.39, 0.29) is 0 Å². The molecule has 1 aliphatic heterocycles. The lowest BCUT2D eigenvalue weighted by Gasteiger charge is -2.14. The lowest BCUT2D eigenvalue weighted by Crippen LogP contribution is -2.14. The van der Waals surface area contributed by atoms with E-state index in [1.165, 1.54) is 0 Å². The van der Waals surface area contributed by atoms with Gasteiger partial charge in [0.25, 0.3) is 0 Å². The molecule has 3 rings (SSSR count). The Morgan fingerprint density at radius 2 is 1.94 bits per heavy atom. The summed E-state index contributed by atoms with van der Waals surface area (Å²) in [6.07, 6.45) is 0. The highest BCUT2D eigenvalue weighted by atomic mass is 35.5. The number of benzene rings is 1. The fraction of sp³-hybridized carbons (Fsp3) is 0.231. The largest absolute Gasteiger partial charge is 0.319 e. The lowest BCUT2D eigenvalue weighted by molar-refractivity contribution is 0.588. The van der Waals surface area contributed by atoms with E-state index in [0.717, 1.165) is 34.0 Å². The molecule has 0 N–H and O–H groups in total. The maximum atomic E-state index is 12.6. The number of aromatic nitrogens is 1. The smallest absolute Gasteiger partial charge is 0.129 e. The van der Waals surface area contributed by atoms with Gasteiger partial charge in [-0.2, -0.15) is 0 Å². The third-order valence-corrected chi connectivity index (χ3v) is 4.74. The quantitative estimate of drug-likeness (QED) is 0.626. The minimum Gasteiger partial charge on any atom is -0.319 e. The Kier molecular flexibility index (Phi) is 2.58. The van der Waals surface area contributed by atoms with Gasteiger partial charge >= 0.3 is 0 Å². The van der Waals surface area contributed by atoms with Crippen LogP contribution in [0.2, 0.25) is 5.15 Å². The monoisotopic (exact) mass is 278 g/mol. The molecule has 2 aromatic rings. The van der Waals surface area contributed by atoms with Gasteiger partial charge in [-0.25, -0.2) is 4.98 Å². The summed E-state index contributed by atoms with van der Waals surface area (Å²) in [6, 6.07) is 7.50. The summed E-state index contributed by atoms with van der Waals surface area (Å²) in [5.74, 6) is 0. The van der Waals surface area contributed by atoms with E-state index in [4.69, 9.17) is 11.6 Å². The summed E-state index contributed by atoms with van der Waals surface area (Å²) in [4.78, 5) is 8.50. The number of nitrogens with zero attached hydrogens (tertiary/aromatic N) is 2. The predicted octanol–water partition coefficient (Wildman–Crippen LogP) is 2.94. The van der Waals surface area contributed by atoms with Crippen molar-refractivity contribution in [2.75, 3.05) is 19.9 Å². The standard InChI is InChI=1S/C13H12ClN2OP/c1-18(2,17)13-8-4-6-12(14)16-10(8)5-3-9(13)11-7-15-11/h3-6H,7H2,1-2H3. The molecule has 18 heavy (non-hydrogen) atoms. The van der Waals surface area contributed by atoms with Gasteiger partial charge in [-0.15, -0.1) is 0 Å². The highest BCUT2D eigenvalue weighted by molar-refractivity contribution is 7.70. The van der Waals surface area contributed by atoms with Crippen LogP contribution in [0.15, 0.2) is 29.3 Å². The Hall–Kier alpha value is -1.18. The van der Waals surface area contributed by atoms with Crippen molar-refractivity contribution in [2.45, 2.75) is 0 Å². The number of aliphatic imine (C=N–C) groups is 1. The number of halogens is 1. The van der Waals surface area contributed by atoms with Crippen LogP contribution in [0.3, 0.4) is 0 Å². The number of pyridine rings is 1. The average molecular weight is 279 g/mol. The van der Waals surface area contributed by atoms with E-state index < -0.39 is 7.14 Å². The molecule has 3 nitrogen and oxygen atoms in total. The molecule has 92 valence electrons. The Balaban J connectivity index is 2.41. The van der Waals surface area contributed by atoms with Crippen LogP contribution in [0, 0.1) is 0 Å². The van der Waals surface area contributed by atoms with Gasteiger partial charge in [-0.3, -0.25) is 4.99 Å². The van der Waals surface area contributed by atoms with Gasteiger partial charge in [0, 0.05) is 16.3 Å². The molecular formula is C13H12ClN2OP. The Labute approximate surface area is 110 Å². The van der Waals surface area contributed by atoms with Crippen molar-refractivity contribution in [2.24, 2.45) is 4.99 Å². The van der Waals surface area contributed by atoms with Crippen molar-refractivity contribution in [1.82, 2.24) is 4.98 Å². The number of hydrogen-bond donors (Lipinski definition) is 0. The molecule has 0 unspecified atom stereocenters. The number of rotatable bonds is 2. The van der Waals surface area contributed by atoms with Crippen LogP contribution in [0.1, 0.15) is 5.56 Å². The molecule has 0 radical (unpaired) electrons. The molecule has 0 spiro atoms. The van der Waals surface area contributed by atoms with Gasteiger partial charge in [-0.05, 0) is 31.5 Å². The minimum atomic E-state index is -2.39. The van der Waals surface area contributed by atoms with Crippen molar-refractivity contribution >= 4 is 40.7 Å². The van der Waals surface area contributed by atoms with E-state index in [1.807, 2.05) is 18.2 Å². The fourth-order valence-corrected chi connectivity index (χ4v) is 3.89. The normalized spacial score (nSPS) is 14.7. The maximum Gasteiger partial charge on any atom is 0.129 e. The van der Waals surface area contributed by atoms with Crippen LogP contribution in [0.5, 0.6) is 0 Å². The van der Waals surface area contributed by atoms with Crippen LogP contribution >= 0.6 is 18.7 Å². The Morgan fingerprint density at radius 1 is 1.22 bits per heavy atom. The zero-order chi connectivity index (χ0) is 12.9. The van der Waals surface area contributed by atoms with Crippen LogP contribution in [0.25, 0.3) is 10.9 Å². The van der Waals surface area contributed by atoms with Gasteiger partial charge in [0.05, 0.1) is 17.8 Å². The highest BCUT2D eigenvalue weighted by Crippen LogP contribution is 2.40. The van der Waals surface area contributed by atoms with Gasteiger partial charge in [0.15, 0.2) is 0 Å². The molecule has 0 saturated heterocycles. The van der Waals surface area contributed by atoms with E-state index in [0.29, 0.717) is 5.15 Å². The predicted molar refractivity (Wildman–Crippen MR) is 77.2 cm³/mol. The second-order valence-corrected chi connectivity index (χ2v) is 8.31. The number of hydrogen-bond acceptors (Lipinski definition) is 3. The third kappa shape index (κ3) is 1.98. The van der Waals surface area contributed by atoms with Gasteiger partial charge in [0.1, 0.15) is 12.3 Å². The van der Waals surface area contributed by atoms with E-state index in [2.05, 4.69) is 9.98 Å². The summed E-state index contributed by atoms with van der Waals surface area (Å²) in [6.45, 7) is 4.31. The molecule has 0 aliphatic carbocycles. The molecular weight excluding hydrogens is 267 g/mol. The summed E-state index contributed by atoms with van der Waals surface area (Å²) in [5.41, 5.74) is 2.82. The van der Waals surface area contributed by atoms with Crippen molar-refractivity contribution in [3.8, 4) is 0 Å². The molecule has 0 fully saturated rings. The van der Waals surface area contributed by atoms with Gasteiger partial charge in [0.2, 0.25) is 0 Å². The van der Waals surface area contributed by atoms with E-state index in [1.54, 1.807) is 19.4 Å². The molecule has 0 bridgehead atoms. The second kappa shape index (κ2) is 3.91. The fourth-order valence-electron chi connectivity index (χ4n) is 2.19. The second-order valence-electron chi connectivity index (χ2n) is 4.78. The third-order valence-electron chi connectivity index (χ3n) is 2.97. The Morgan fingerprint density at radius 3 is 2.56 bits per heavy atom. The topological polar surface area (TPSA) is 42.3 Å².